The Morgan fingerprint density at radius 3 is 2.39 bits per heavy atom. The molecule has 0 amide bonds. The molecule has 0 N–H and O–H groups in total. The predicted molar refractivity (Wildman–Crippen MR) is 80.8 cm³/mol. The highest BCUT2D eigenvalue weighted by atomic mass is 79.9. The van der Waals surface area contributed by atoms with Crippen molar-refractivity contribution in [1.29, 1.82) is 0 Å². The number of rotatable bonds is 1. The molecule has 1 unspecified atom stereocenters. The van der Waals surface area contributed by atoms with Crippen molar-refractivity contribution in [3.63, 3.8) is 0 Å². The lowest BCUT2D eigenvalue weighted by Gasteiger charge is -2.14. The zero-order chi connectivity index (χ0) is 12.7. The summed E-state index contributed by atoms with van der Waals surface area (Å²) in [4.78, 5) is 0. The van der Waals surface area contributed by atoms with Crippen molar-refractivity contribution < 1.29 is 0 Å². The summed E-state index contributed by atoms with van der Waals surface area (Å²) >= 11 is 3.67. The van der Waals surface area contributed by atoms with Gasteiger partial charge in [0.15, 0.2) is 0 Å². The van der Waals surface area contributed by atoms with Gasteiger partial charge in [0.25, 0.3) is 0 Å². The topological polar surface area (TPSA) is 0 Å². The Morgan fingerprint density at radius 1 is 0.889 bits per heavy atom. The van der Waals surface area contributed by atoms with Crippen LogP contribution in [-0.4, -0.2) is 0 Å². The second-order valence-corrected chi connectivity index (χ2v) is 5.74. The Hall–Kier alpha value is -1.34. The third-order valence-electron chi connectivity index (χ3n) is 3.72. The second-order valence-electron chi connectivity index (χ2n) is 4.89. The molecule has 0 radical (unpaired) electrons. The van der Waals surface area contributed by atoms with Crippen molar-refractivity contribution in [2.45, 2.75) is 19.8 Å². The van der Waals surface area contributed by atoms with Crippen LogP contribution in [0.5, 0.6) is 0 Å². The third kappa shape index (κ3) is 1.74. The van der Waals surface area contributed by atoms with E-state index in [1.165, 1.54) is 32.3 Å². The van der Waals surface area contributed by atoms with Crippen molar-refractivity contribution in [2.24, 2.45) is 0 Å². The lowest BCUT2D eigenvalue weighted by atomic mass is 9.90. The van der Waals surface area contributed by atoms with E-state index in [4.69, 9.17) is 0 Å². The van der Waals surface area contributed by atoms with Crippen molar-refractivity contribution >= 4 is 21.5 Å². The Balaban J connectivity index is 2.20. The Morgan fingerprint density at radius 2 is 1.61 bits per heavy atom. The Kier molecular flexibility index (Phi) is 2.87. The molecule has 18 heavy (non-hydrogen) atoms. The predicted octanol–water partition coefficient (Wildman–Crippen LogP) is 5.31. The Labute approximate surface area is 116 Å². The first kappa shape index (κ1) is 11.7. The molecular formula is C17H15Br. The molecule has 0 heterocycles. The van der Waals surface area contributed by atoms with Crippen LogP contribution in [0.1, 0.15) is 35.1 Å². The zero-order valence-corrected chi connectivity index (χ0v) is 12.2. The molecule has 0 saturated carbocycles. The minimum absolute atomic E-state index is 0.402. The highest BCUT2D eigenvalue weighted by Crippen LogP contribution is 2.43. The first-order valence-electron chi connectivity index (χ1n) is 6.21. The van der Waals surface area contributed by atoms with Crippen molar-refractivity contribution in [2.75, 3.05) is 0 Å². The van der Waals surface area contributed by atoms with Crippen LogP contribution in [0, 0.1) is 6.92 Å². The molecule has 0 spiro atoms. The van der Waals surface area contributed by atoms with Gasteiger partial charge in [0.1, 0.15) is 0 Å². The highest BCUT2D eigenvalue weighted by Gasteiger charge is 2.24. The fourth-order valence-electron chi connectivity index (χ4n) is 2.83. The molecule has 0 aliphatic heterocycles. The number of fused-ring (bicyclic) bond motifs is 1. The first-order chi connectivity index (χ1) is 8.68. The van der Waals surface area contributed by atoms with Gasteiger partial charge in [-0.05, 0) is 47.7 Å². The molecule has 90 valence electrons. The summed E-state index contributed by atoms with van der Waals surface area (Å²) in [6.45, 7) is 4.39. The second kappa shape index (κ2) is 4.40. The number of halogens is 1. The highest BCUT2D eigenvalue weighted by molar-refractivity contribution is 9.10. The normalized spacial score (nSPS) is 17.5. The number of hydrogen-bond acceptors (Lipinski definition) is 0. The maximum absolute atomic E-state index is 3.67. The van der Waals surface area contributed by atoms with Gasteiger partial charge < -0.3 is 0 Å². The van der Waals surface area contributed by atoms with E-state index >= 15 is 0 Å². The van der Waals surface area contributed by atoms with Crippen LogP contribution >= 0.6 is 15.9 Å². The van der Waals surface area contributed by atoms with Crippen molar-refractivity contribution in [3.05, 3.63) is 75.3 Å². The summed E-state index contributed by atoms with van der Waals surface area (Å²) in [5, 5.41) is 0. The average molecular weight is 299 g/mol. The van der Waals surface area contributed by atoms with E-state index in [-0.39, 0.29) is 0 Å². The summed E-state index contributed by atoms with van der Waals surface area (Å²) in [7, 11) is 0. The van der Waals surface area contributed by atoms with Gasteiger partial charge in [-0.2, -0.15) is 0 Å². The van der Waals surface area contributed by atoms with Gasteiger partial charge in [-0.1, -0.05) is 58.4 Å². The van der Waals surface area contributed by atoms with Gasteiger partial charge in [-0.15, -0.1) is 0 Å². The van der Waals surface area contributed by atoms with Gasteiger partial charge in [0, 0.05) is 10.4 Å². The SMILES string of the molecule is CC1=CC(c2ccccc2C)c2cccc(Br)c21. The van der Waals surface area contributed by atoms with Gasteiger partial charge >= 0.3 is 0 Å². The van der Waals surface area contributed by atoms with E-state index in [0.29, 0.717) is 5.92 Å². The largest absolute Gasteiger partial charge is 0.0690 e. The lowest BCUT2D eigenvalue weighted by molar-refractivity contribution is 1.03. The number of aryl methyl sites for hydroxylation is 1. The standard InChI is InChI=1S/C17H15Br/c1-11-6-3-4-7-13(11)15-10-12(2)17-14(15)8-5-9-16(17)18/h3-10,15H,1-2H3. The first-order valence-corrected chi connectivity index (χ1v) is 7.00. The van der Waals surface area contributed by atoms with Crippen LogP contribution in [0.25, 0.3) is 5.57 Å². The van der Waals surface area contributed by atoms with E-state index in [1.807, 2.05) is 0 Å². The van der Waals surface area contributed by atoms with E-state index in [1.54, 1.807) is 0 Å². The zero-order valence-electron chi connectivity index (χ0n) is 10.6. The van der Waals surface area contributed by atoms with Crippen LogP contribution in [0.15, 0.2) is 53.0 Å². The fourth-order valence-corrected chi connectivity index (χ4v) is 3.53. The molecule has 0 fully saturated rings. The Bertz CT molecular complexity index is 638. The van der Waals surface area contributed by atoms with Crippen LogP contribution in [0.2, 0.25) is 0 Å². The average Bonchev–Trinajstić information content (AvgIpc) is 2.69. The smallest absolute Gasteiger partial charge is 0.0284 e. The quantitative estimate of drug-likeness (QED) is 0.669. The van der Waals surface area contributed by atoms with Crippen LogP contribution in [-0.2, 0) is 0 Å². The molecule has 1 aliphatic rings. The molecule has 1 aliphatic carbocycles. The molecule has 0 bridgehead atoms. The molecule has 0 aromatic heterocycles. The minimum Gasteiger partial charge on any atom is -0.0690 e. The molecule has 0 nitrogen and oxygen atoms in total. The van der Waals surface area contributed by atoms with E-state index in [9.17, 15) is 0 Å². The summed E-state index contributed by atoms with van der Waals surface area (Å²) < 4.78 is 1.20. The molecule has 1 atom stereocenters. The molecule has 0 saturated heterocycles. The molecule has 2 aromatic rings. The lowest BCUT2D eigenvalue weighted by Crippen LogP contribution is -1.98. The van der Waals surface area contributed by atoms with Crippen molar-refractivity contribution in [3.8, 4) is 0 Å². The molecule has 2 aromatic carbocycles. The van der Waals surface area contributed by atoms with Gasteiger partial charge in [-0.25, -0.2) is 0 Å². The number of allylic oxidation sites excluding steroid dienone is 2. The fraction of sp³-hybridized carbons (Fsp3) is 0.176. The summed E-state index contributed by atoms with van der Waals surface area (Å²) in [5.74, 6) is 0.402. The van der Waals surface area contributed by atoms with Gasteiger partial charge in [0.2, 0.25) is 0 Å². The van der Waals surface area contributed by atoms with E-state index in [2.05, 4.69) is 78.3 Å². The monoisotopic (exact) mass is 298 g/mol. The maximum atomic E-state index is 3.67. The van der Waals surface area contributed by atoms with Crippen LogP contribution < -0.4 is 0 Å². The molecule has 3 rings (SSSR count). The summed E-state index contributed by atoms with van der Waals surface area (Å²) in [6.07, 6.45) is 2.37. The number of hydrogen-bond donors (Lipinski definition) is 0. The number of benzene rings is 2. The van der Waals surface area contributed by atoms with Crippen LogP contribution in [0.4, 0.5) is 0 Å². The van der Waals surface area contributed by atoms with E-state index < -0.39 is 0 Å². The maximum Gasteiger partial charge on any atom is 0.0284 e. The molecule has 1 heteroatoms. The minimum atomic E-state index is 0.402. The van der Waals surface area contributed by atoms with E-state index in [0.717, 1.165) is 0 Å². The van der Waals surface area contributed by atoms with Crippen LogP contribution in [0.3, 0.4) is 0 Å². The summed E-state index contributed by atoms with van der Waals surface area (Å²) in [5.41, 5.74) is 6.92. The third-order valence-corrected chi connectivity index (χ3v) is 4.38. The van der Waals surface area contributed by atoms with Gasteiger partial charge in [-0.3, -0.25) is 0 Å². The summed E-state index contributed by atoms with van der Waals surface area (Å²) in [6, 6.07) is 15.1. The molecular weight excluding hydrogens is 284 g/mol. The van der Waals surface area contributed by atoms with Crippen molar-refractivity contribution in [1.82, 2.24) is 0 Å². The van der Waals surface area contributed by atoms with Gasteiger partial charge in [0.05, 0.1) is 0 Å².